The topological polar surface area (TPSA) is 62.6 Å². The quantitative estimate of drug-likeness (QED) is 0.580. The second-order valence-corrected chi connectivity index (χ2v) is 4.73. The predicted molar refractivity (Wildman–Crippen MR) is 87.4 cm³/mol. The minimum Gasteiger partial charge on any atom is -0.496 e. The summed E-state index contributed by atoms with van der Waals surface area (Å²) >= 11 is 0. The molecule has 0 aliphatic carbocycles. The molecule has 2 rings (SSSR count). The van der Waals surface area contributed by atoms with Gasteiger partial charge in [-0.05, 0) is 25.1 Å². The third kappa shape index (κ3) is 3.71. The summed E-state index contributed by atoms with van der Waals surface area (Å²) in [5.74, 6) is 1.61. The van der Waals surface area contributed by atoms with Crippen LogP contribution in [-0.2, 0) is 6.54 Å². The lowest BCUT2D eigenvalue weighted by Gasteiger charge is -2.12. The average Bonchev–Trinajstić information content (AvgIpc) is 3.07. The Hall–Kier alpha value is -2.76. The SMILES string of the molecule is CCn1cc(C(=O)C=Cc2cc(OC)c(OC)cc2OC)cn1. The van der Waals surface area contributed by atoms with E-state index in [4.69, 9.17) is 14.2 Å². The summed E-state index contributed by atoms with van der Waals surface area (Å²) in [6, 6.07) is 3.48. The van der Waals surface area contributed by atoms with Gasteiger partial charge in [-0.15, -0.1) is 0 Å². The van der Waals surface area contributed by atoms with Crippen LogP contribution in [0.3, 0.4) is 0 Å². The molecule has 0 aliphatic heterocycles. The van der Waals surface area contributed by atoms with Crippen LogP contribution in [0.1, 0.15) is 22.8 Å². The largest absolute Gasteiger partial charge is 0.496 e. The Morgan fingerprint density at radius 1 is 1.13 bits per heavy atom. The maximum atomic E-state index is 12.2. The van der Waals surface area contributed by atoms with Crippen molar-refractivity contribution in [1.29, 1.82) is 0 Å². The van der Waals surface area contributed by atoms with Crippen molar-refractivity contribution in [3.8, 4) is 17.2 Å². The molecule has 0 fully saturated rings. The van der Waals surface area contributed by atoms with E-state index >= 15 is 0 Å². The fourth-order valence-corrected chi connectivity index (χ4v) is 2.11. The Morgan fingerprint density at radius 3 is 2.35 bits per heavy atom. The van der Waals surface area contributed by atoms with Crippen LogP contribution in [0, 0.1) is 0 Å². The van der Waals surface area contributed by atoms with Crippen LogP contribution in [0.15, 0.2) is 30.6 Å². The van der Waals surface area contributed by atoms with Gasteiger partial charge >= 0.3 is 0 Å². The van der Waals surface area contributed by atoms with E-state index in [2.05, 4.69) is 5.10 Å². The number of carbonyl (C=O) groups excluding carboxylic acids is 1. The number of rotatable bonds is 7. The second kappa shape index (κ2) is 7.49. The molecule has 0 amide bonds. The predicted octanol–water partition coefficient (Wildman–Crippen LogP) is 2.82. The van der Waals surface area contributed by atoms with Gasteiger partial charge in [0.15, 0.2) is 17.3 Å². The number of aromatic nitrogens is 2. The molecule has 0 radical (unpaired) electrons. The van der Waals surface area contributed by atoms with Crippen molar-refractivity contribution in [3.05, 3.63) is 41.7 Å². The fraction of sp³-hybridized carbons (Fsp3) is 0.294. The van der Waals surface area contributed by atoms with Crippen molar-refractivity contribution in [2.75, 3.05) is 21.3 Å². The van der Waals surface area contributed by atoms with E-state index in [9.17, 15) is 4.79 Å². The highest BCUT2D eigenvalue weighted by molar-refractivity contribution is 6.06. The average molecular weight is 316 g/mol. The molecule has 122 valence electrons. The zero-order chi connectivity index (χ0) is 16.8. The van der Waals surface area contributed by atoms with Gasteiger partial charge in [-0.2, -0.15) is 5.10 Å². The molecule has 0 spiro atoms. The van der Waals surface area contributed by atoms with Crippen molar-refractivity contribution in [2.24, 2.45) is 0 Å². The van der Waals surface area contributed by atoms with Crippen LogP contribution in [0.4, 0.5) is 0 Å². The molecule has 0 atom stereocenters. The third-order valence-corrected chi connectivity index (χ3v) is 3.39. The summed E-state index contributed by atoms with van der Waals surface area (Å²) < 4.78 is 17.5. The molecule has 0 saturated heterocycles. The lowest BCUT2D eigenvalue weighted by molar-refractivity contribution is 0.104. The zero-order valence-corrected chi connectivity index (χ0v) is 13.7. The maximum absolute atomic E-state index is 12.2. The van der Waals surface area contributed by atoms with Gasteiger partial charge in [0, 0.05) is 24.4 Å². The molecule has 0 saturated carbocycles. The van der Waals surface area contributed by atoms with Crippen LogP contribution < -0.4 is 14.2 Å². The van der Waals surface area contributed by atoms with Gasteiger partial charge < -0.3 is 14.2 Å². The molecule has 2 aromatic rings. The standard InChI is InChI=1S/C17H20N2O4/c1-5-19-11-13(10-18-19)14(20)7-6-12-8-16(22-3)17(23-4)9-15(12)21-2/h6-11H,5H2,1-4H3. The molecule has 23 heavy (non-hydrogen) atoms. The number of hydrogen-bond acceptors (Lipinski definition) is 5. The van der Waals surface area contributed by atoms with Crippen molar-refractivity contribution >= 4 is 11.9 Å². The lowest BCUT2D eigenvalue weighted by atomic mass is 10.1. The van der Waals surface area contributed by atoms with E-state index in [1.165, 1.54) is 6.08 Å². The highest BCUT2D eigenvalue weighted by Crippen LogP contribution is 2.35. The molecular formula is C17H20N2O4. The van der Waals surface area contributed by atoms with E-state index in [-0.39, 0.29) is 5.78 Å². The van der Waals surface area contributed by atoms with Crippen molar-refractivity contribution in [3.63, 3.8) is 0 Å². The first kappa shape index (κ1) is 16.6. The summed E-state index contributed by atoms with van der Waals surface area (Å²) in [7, 11) is 4.68. The summed E-state index contributed by atoms with van der Waals surface area (Å²) in [4.78, 5) is 12.2. The molecule has 1 aromatic carbocycles. The Balaban J connectivity index is 2.28. The summed E-state index contributed by atoms with van der Waals surface area (Å²) in [6.07, 6.45) is 6.45. The van der Waals surface area contributed by atoms with E-state index < -0.39 is 0 Å². The summed E-state index contributed by atoms with van der Waals surface area (Å²) in [5.41, 5.74) is 1.27. The number of ketones is 1. The first-order valence-electron chi connectivity index (χ1n) is 7.17. The maximum Gasteiger partial charge on any atom is 0.189 e. The van der Waals surface area contributed by atoms with E-state index in [0.29, 0.717) is 22.8 Å². The fourth-order valence-electron chi connectivity index (χ4n) is 2.11. The third-order valence-electron chi connectivity index (χ3n) is 3.39. The van der Waals surface area contributed by atoms with Gasteiger partial charge in [-0.25, -0.2) is 0 Å². The number of allylic oxidation sites excluding steroid dienone is 1. The highest BCUT2D eigenvalue weighted by Gasteiger charge is 2.11. The minimum atomic E-state index is -0.124. The van der Waals surface area contributed by atoms with Crippen LogP contribution in [0.2, 0.25) is 0 Å². The lowest BCUT2D eigenvalue weighted by Crippen LogP contribution is -1.96. The monoisotopic (exact) mass is 316 g/mol. The normalized spacial score (nSPS) is 10.8. The molecule has 0 bridgehead atoms. The van der Waals surface area contributed by atoms with Crippen molar-refractivity contribution < 1.29 is 19.0 Å². The number of methoxy groups -OCH3 is 3. The van der Waals surface area contributed by atoms with Crippen molar-refractivity contribution in [1.82, 2.24) is 9.78 Å². The van der Waals surface area contributed by atoms with E-state index in [1.807, 2.05) is 6.92 Å². The molecular weight excluding hydrogens is 296 g/mol. The molecule has 1 heterocycles. The van der Waals surface area contributed by atoms with Crippen molar-refractivity contribution in [2.45, 2.75) is 13.5 Å². The molecule has 6 nitrogen and oxygen atoms in total. The number of ether oxygens (including phenoxy) is 3. The first-order chi connectivity index (χ1) is 11.1. The molecule has 1 aromatic heterocycles. The van der Waals surface area contributed by atoms with Gasteiger partial charge in [0.05, 0.1) is 33.1 Å². The number of hydrogen-bond donors (Lipinski definition) is 0. The highest BCUT2D eigenvalue weighted by atomic mass is 16.5. The first-order valence-corrected chi connectivity index (χ1v) is 7.17. The second-order valence-electron chi connectivity index (χ2n) is 4.73. The Labute approximate surface area is 135 Å². The molecule has 6 heteroatoms. The minimum absolute atomic E-state index is 0.124. The van der Waals surface area contributed by atoms with Crippen LogP contribution in [0.25, 0.3) is 6.08 Å². The molecule has 0 unspecified atom stereocenters. The number of benzene rings is 1. The zero-order valence-electron chi connectivity index (χ0n) is 13.7. The van der Waals surface area contributed by atoms with Gasteiger partial charge in [-0.1, -0.05) is 0 Å². The van der Waals surface area contributed by atoms with Gasteiger partial charge in [0.1, 0.15) is 5.75 Å². The van der Waals surface area contributed by atoms with Gasteiger partial charge in [0.2, 0.25) is 0 Å². The van der Waals surface area contributed by atoms with Gasteiger partial charge in [0.25, 0.3) is 0 Å². The van der Waals surface area contributed by atoms with E-state index in [1.54, 1.807) is 56.6 Å². The Bertz CT molecular complexity index is 719. The van der Waals surface area contributed by atoms with Crippen LogP contribution in [0.5, 0.6) is 17.2 Å². The van der Waals surface area contributed by atoms with Gasteiger partial charge in [-0.3, -0.25) is 9.48 Å². The summed E-state index contributed by atoms with van der Waals surface area (Å²) in [6.45, 7) is 2.69. The number of aryl methyl sites for hydroxylation is 1. The molecule has 0 aliphatic rings. The smallest absolute Gasteiger partial charge is 0.189 e. The van der Waals surface area contributed by atoms with Crippen LogP contribution >= 0.6 is 0 Å². The summed E-state index contributed by atoms with van der Waals surface area (Å²) in [5, 5.41) is 4.10. The molecule has 0 N–H and O–H groups in total. The Morgan fingerprint density at radius 2 is 1.78 bits per heavy atom. The number of nitrogens with zero attached hydrogens (tertiary/aromatic N) is 2. The van der Waals surface area contributed by atoms with E-state index in [0.717, 1.165) is 12.1 Å². The number of carbonyl (C=O) groups is 1. The van der Waals surface area contributed by atoms with Crippen LogP contribution in [-0.4, -0.2) is 36.9 Å². The Kier molecular flexibility index (Phi) is 5.41.